The highest BCUT2D eigenvalue weighted by atomic mass is 32.1. The zero-order chi connectivity index (χ0) is 15.8. The molecule has 0 unspecified atom stereocenters. The standard InChI is InChI=1S/C15H17N3O3S/c19-13(17-15-18-16-10-22-15)8-4-7-12(9-14(20)21)11-5-2-1-3-6-11/h1-3,5-6,10,12H,4,7-9H2,(H,20,21)(H,17,18,19)/t12-/m0/s1. The van der Waals surface area contributed by atoms with Crippen LogP contribution in [-0.4, -0.2) is 27.2 Å². The number of hydrogen-bond donors (Lipinski definition) is 2. The second-order valence-electron chi connectivity index (χ2n) is 4.89. The van der Waals surface area contributed by atoms with Crippen LogP contribution in [0.2, 0.25) is 0 Å². The number of nitrogens with one attached hydrogen (secondary N) is 1. The largest absolute Gasteiger partial charge is 0.481 e. The Morgan fingerprint density at radius 1 is 1.27 bits per heavy atom. The quantitative estimate of drug-likeness (QED) is 0.780. The SMILES string of the molecule is O=C(O)C[C@H](CCCC(=O)Nc1nncs1)c1ccccc1. The first kappa shape index (κ1) is 16.1. The molecule has 0 aliphatic carbocycles. The second kappa shape index (κ2) is 8.23. The molecule has 2 aromatic rings. The van der Waals surface area contributed by atoms with E-state index >= 15 is 0 Å². The Morgan fingerprint density at radius 2 is 2.05 bits per heavy atom. The van der Waals surface area contributed by atoms with Crippen molar-refractivity contribution in [3.8, 4) is 0 Å². The van der Waals surface area contributed by atoms with Gasteiger partial charge in [-0.2, -0.15) is 0 Å². The summed E-state index contributed by atoms with van der Waals surface area (Å²) in [5.74, 6) is -1.03. The highest BCUT2D eigenvalue weighted by Crippen LogP contribution is 2.25. The van der Waals surface area contributed by atoms with Gasteiger partial charge >= 0.3 is 5.97 Å². The fourth-order valence-corrected chi connectivity index (χ4v) is 2.70. The van der Waals surface area contributed by atoms with E-state index in [1.165, 1.54) is 11.3 Å². The molecule has 2 N–H and O–H groups in total. The van der Waals surface area contributed by atoms with Crippen LogP contribution in [0.1, 0.15) is 37.2 Å². The van der Waals surface area contributed by atoms with E-state index in [0.717, 1.165) is 5.56 Å². The molecule has 7 heteroatoms. The van der Waals surface area contributed by atoms with Crippen LogP contribution in [0, 0.1) is 0 Å². The van der Waals surface area contributed by atoms with Gasteiger partial charge in [-0.05, 0) is 24.3 Å². The minimum atomic E-state index is -0.827. The lowest BCUT2D eigenvalue weighted by molar-refractivity contribution is -0.137. The Bertz CT molecular complexity index is 602. The van der Waals surface area contributed by atoms with Gasteiger partial charge in [0.1, 0.15) is 5.51 Å². The molecule has 0 saturated heterocycles. The van der Waals surface area contributed by atoms with Gasteiger partial charge in [-0.3, -0.25) is 9.59 Å². The fraction of sp³-hybridized carbons (Fsp3) is 0.333. The second-order valence-corrected chi connectivity index (χ2v) is 5.72. The van der Waals surface area contributed by atoms with Gasteiger partial charge in [0.05, 0.1) is 6.42 Å². The lowest BCUT2D eigenvalue weighted by Crippen LogP contribution is -2.12. The van der Waals surface area contributed by atoms with Gasteiger partial charge in [0.25, 0.3) is 0 Å². The van der Waals surface area contributed by atoms with Gasteiger partial charge < -0.3 is 10.4 Å². The Morgan fingerprint density at radius 3 is 2.68 bits per heavy atom. The Hall–Kier alpha value is -2.28. The van der Waals surface area contributed by atoms with Crippen molar-refractivity contribution in [2.75, 3.05) is 5.32 Å². The maximum Gasteiger partial charge on any atom is 0.303 e. The van der Waals surface area contributed by atoms with Gasteiger partial charge in [-0.25, -0.2) is 0 Å². The molecule has 0 aliphatic heterocycles. The zero-order valence-corrected chi connectivity index (χ0v) is 12.8. The van der Waals surface area contributed by atoms with E-state index in [0.29, 0.717) is 24.4 Å². The van der Waals surface area contributed by atoms with Crippen LogP contribution in [0.5, 0.6) is 0 Å². The summed E-state index contributed by atoms with van der Waals surface area (Å²) in [4.78, 5) is 22.8. The van der Waals surface area contributed by atoms with Crippen molar-refractivity contribution in [1.29, 1.82) is 0 Å². The normalized spacial score (nSPS) is 11.8. The molecule has 0 aliphatic rings. The van der Waals surface area contributed by atoms with Crippen molar-refractivity contribution < 1.29 is 14.7 Å². The van der Waals surface area contributed by atoms with Crippen molar-refractivity contribution in [3.63, 3.8) is 0 Å². The summed E-state index contributed by atoms with van der Waals surface area (Å²) in [5, 5.41) is 19.6. The van der Waals surface area contributed by atoms with Gasteiger partial charge in [0, 0.05) is 6.42 Å². The molecule has 1 atom stereocenters. The van der Waals surface area contributed by atoms with Crippen LogP contribution in [0.3, 0.4) is 0 Å². The molecule has 1 aromatic heterocycles. The average molecular weight is 319 g/mol. The summed E-state index contributed by atoms with van der Waals surface area (Å²) >= 11 is 1.26. The smallest absolute Gasteiger partial charge is 0.303 e. The third-order valence-corrected chi connectivity index (χ3v) is 3.86. The van der Waals surface area contributed by atoms with E-state index in [1.807, 2.05) is 30.3 Å². The maximum atomic E-state index is 11.8. The number of amides is 1. The monoisotopic (exact) mass is 319 g/mol. The van der Waals surface area contributed by atoms with Crippen LogP contribution >= 0.6 is 11.3 Å². The van der Waals surface area contributed by atoms with Crippen molar-refractivity contribution in [2.45, 2.75) is 31.6 Å². The summed E-state index contributed by atoms with van der Waals surface area (Å²) in [6, 6.07) is 9.54. The Kier molecular flexibility index (Phi) is 6.02. The molecular formula is C15H17N3O3S. The summed E-state index contributed by atoms with van der Waals surface area (Å²) < 4.78 is 0. The number of benzene rings is 1. The number of carboxylic acids is 1. The first-order chi connectivity index (χ1) is 10.6. The molecular weight excluding hydrogens is 302 g/mol. The van der Waals surface area contributed by atoms with E-state index in [1.54, 1.807) is 5.51 Å². The molecule has 116 valence electrons. The van der Waals surface area contributed by atoms with E-state index in [4.69, 9.17) is 5.11 Å². The highest BCUT2D eigenvalue weighted by molar-refractivity contribution is 7.13. The van der Waals surface area contributed by atoms with E-state index < -0.39 is 5.97 Å². The third-order valence-electron chi connectivity index (χ3n) is 3.25. The summed E-state index contributed by atoms with van der Waals surface area (Å²) in [7, 11) is 0. The number of anilines is 1. The Labute approximate surface area is 132 Å². The van der Waals surface area contributed by atoms with Gasteiger partial charge in [-0.15, -0.1) is 10.2 Å². The summed E-state index contributed by atoms with van der Waals surface area (Å²) in [6.07, 6.45) is 1.68. The molecule has 0 radical (unpaired) electrons. The molecule has 1 heterocycles. The predicted molar refractivity (Wildman–Crippen MR) is 83.8 cm³/mol. The van der Waals surface area contributed by atoms with Crippen molar-refractivity contribution in [2.24, 2.45) is 0 Å². The van der Waals surface area contributed by atoms with Crippen LogP contribution in [-0.2, 0) is 9.59 Å². The molecule has 0 bridgehead atoms. The molecule has 1 amide bonds. The number of carboxylic acid groups (broad SMARTS) is 1. The summed E-state index contributed by atoms with van der Waals surface area (Å²) in [6.45, 7) is 0. The first-order valence-corrected chi connectivity index (χ1v) is 7.86. The zero-order valence-electron chi connectivity index (χ0n) is 11.9. The van der Waals surface area contributed by atoms with Gasteiger partial charge in [-0.1, -0.05) is 41.7 Å². The van der Waals surface area contributed by atoms with Crippen LogP contribution in [0.15, 0.2) is 35.8 Å². The minimum absolute atomic E-state index is 0.0715. The van der Waals surface area contributed by atoms with Crippen molar-refractivity contribution in [3.05, 3.63) is 41.4 Å². The number of aromatic nitrogens is 2. The molecule has 0 spiro atoms. The van der Waals surface area contributed by atoms with Crippen molar-refractivity contribution >= 4 is 28.3 Å². The van der Waals surface area contributed by atoms with Gasteiger partial charge in [0.15, 0.2) is 0 Å². The van der Waals surface area contributed by atoms with E-state index in [-0.39, 0.29) is 18.2 Å². The molecule has 22 heavy (non-hydrogen) atoms. The molecule has 1 aromatic carbocycles. The van der Waals surface area contributed by atoms with Gasteiger partial charge in [0.2, 0.25) is 11.0 Å². The highest BCUT2D eigenvalue weighted by Gasteiger charge is 2.16. The predicted octanol–water partition coefficient (Wildman–Crippen LogP) is 2.91. The number of rotatable bonds is 8. The number of carbonyl (C=O) groups excluding carboxylic acids is 1. The van der Waals surface area contributed by atoms with E-state index in [9.17, 15) is 9.59 Å². The third kappa shape index (κ3) is 5.25. The van der Waals surface area contributed by atoms with Crippen LogP contribution in [0.25, 0.3) is 0 Å². The molecule has 6 nitrogen and oxygen atoms in total. The Balaban J connectivity index is 1.83. The lowest BCUT2D eigenvalue weighted by atomic mass is 9.90. The number of hydrogen-bond acceptors (Lipinski definition) is 5. The molecule has 0 fully saturated rings. The minimum Gasteiger partial charge on any atom is -0.481 e. The fourth-order valence-electron chi connectivity index (χ4n) is 2.24. The molecule has 2 rings (SSSR count). The maximum absolute atomic E-state index is 11.8. The topological polar surface area (TPSA) is 92.2 Å². The molecule has 0 saturated carbocycles. The van der Waals surface area contributed by atoms with Crippen LogP contribution < -0.4 is 5.32 Å². The number of carbonyl (C=O) groups is 2. The number of nitrogens with zero attached hydrogens (tertiary/aromatic N) is 2. The number of aliphatic carboxylic acids is 1. The first-order valence-electron chi connectivity index (χ1n) is 6.98. The average Bonchev–Trinajstić information content (AvgIpc) is 2.99. The van der Waals surface area contributed by atoms with Crippen molar-refractivity contribution in [1.82, 2.24) is 10.2 Å². The van der Waals surface area contributed by atoms with E-state index in [2.05, 4.69) is 15.5 Å². The lowest BCUT2D eigenvalue weighted by Gasteiger charge is -2.15. The summed E-state index contributed by atoms with van der Waals surface area (Å²) in [5.41, 5.74) is 2.54. The van der Waals surface area contributed by atoms with Crippen LogP contribution in [0.4, 0.5) is 5.13 Å².